The first kappa shape index (κ1) is 13.2. The molecule has 4 nitrogen and oxygen atoms in total. The molecule has 4 heteroatoms. The molecule has 0 aliphatic heterocycles. The maximum absolute atomic E-state index is 11.8. The molecule has 0 fully saturated rings. The third-order valence-electron chi connectivity index (χ3n) is 2.25. The van der Waals surface area contributed by atoms with E-state index in [4.69, 9.17) is 5.73 Å². The molecule has 0 heterocycles. The Morgan fingerprint density at radius 2 is 1.93 bits per heavy atom. The Hall–Kier alpha value is -0.770. The highest BCUT2D eigenvalue weighted by Crippen LogP contribution is 1.99. The number of carbonyl (C=O) groups excluding carboxylic acids is 1. The Kier molecular flexibility index (Phi) is 7.20. The summed E-state index contributed by atoms with van der Waals surface area (Å²) < 4.78 is 0. The maximum atomic E-state index is 11.8. The van der Waals surface area contributed by atoms with Crippen molar-refractivity contribution in [3.05, 3.63) is 0 Å². The summed E-state index contributed by atoms with van der Waals surface area (Å²) in [6.07, 6.45) is 2.15. The number of rotatable bonds is 6. The number of unbranched alkanes of at least 4 members (excludes halogenated alkanes) is 1. The summed E-state index contributed by atoms with van der Waals surface area (Å²) in [6, 6.07) is 0.0893. The minimum absolute atomic E-state index is 0.0893. The van der Waals surface area contributed by atoms with Gasteiger partial charge in [-0.1, -0.05) is 13.3 Å². The summed E-state index contributed by atoms with van der Waals surface area (Å²) in [5.41, 5.74) is 5.47. The number of nitrogens with two attached hydrogens (primary N) is 1. The Bertz CT molecular complexity index is 161. The molecular formula is C10H23N3O. The fourth-order valence-electron chi connectivity index (χ4n) is 1.18. The Balaban J connectivity index is 4.10. The topological polar surface area (TPSA) is 49.6 Å². The maximum Gasteiger partial charge on any atom is 0.319 e. The highest BCUT2D eigenvalue weighted by molar-refractivity contribution is 5.74. The number of carbonyl (C=O) groups is 1. The standard InChI is InChI=1S/C10H23N3O/c1-4-6-8-13(9-7-11)10(14)12(3)5-2/h4-9,11H2,1-3H3. The first-order chi connectivity index (χ1) is 6.67. The van der Waals surface area contributed by atoms with Crippen LogP contribution in [0, 0.1) is 0 Å². The zero-order valence-electron chi connectivity index (χ0n) is 9.62. The van der Waals surface area contributed by atoms with Gasteiger partial charge in [0, 0.05) is 33.2 Å². The second kappa shape index (κ2) is 7.62. The van der Waals surface area contributed by atoms with E-state index in [1.165, 1.54) is 0 Å². The van der Waals surface area contributed by atoms with Crippen LogP contribution < -0.4 is 5.73 Å². The SMILES string of the molecule is CCCCN(CCN)C(=O)N(C)CC. The normalized spacial score (nSPS) is 10.0. The van der Waals surface area contributed by atoms with Gasteiger partial charge in [0.2, 0.25) is 0 Å². The number of amides is 2. The fraction of sp³-hybridized carbons (Fsp3) is 0.900. The van der Waals surface area contributed by atoms with Crippen molar-refractivity contribution < 1.29 is 4.79 Å². The molecule has 2 N–H and O–H groups in total. The van der Waals surface area contributed by atoms with Crippen LogP contribution in [0.2, 0.25) is 0 Å². The van der Waals surface area contributed by atoms with Crippen molar-refractivity contribution in [2.24, 2.45) is 5.73 Å². The van der Waals surface area contributed by atoms with Gasteiger partial charge in [0.05, 0.1) is 0 Å². The third-order valence-corrected chi connectivity index (χ3v) is 2.25. The van der Waals surface area contributed by atoms with Crippen LogP contribution in [-0.4, -0.2) is 49.1 Å². The van der Waals surface area contributed by atoms with E-state index in [9.17, 15) is 4.79 Å². The summed E-state index contributed by atoms with van der Waals surface area (Å²) in [5, 5.41) is 0. The zero-order valence-corrected chi connectivity index (χ0v) is 9.62. The van der Waals surface area contributed by atoms with Crippen LogP contribution >= 0.6 is 0 Å². The quantitative estimate of drug-likeness (QED) is 0.700. The fourth-order valence-corrected chi connectivity index (χ4v) is 1.18. The largest absolute Gasteiger partial charge is 0.329 e. The van der Waals surface area contributed by atoms with Gasteiger partial charge in [-0.2, -0.15) is 0 Å². The smallest absolute Gasteiger partial charge is 0.319 e. The van der Waals surface area contributed by atoms with Crippen LogP contribution in [0.1, 0.15) is 26.7 Å². The molecule has 0 atom stereocenters. The van der Waals surface area contributed by atoms with Crippen LogP contribution in [0.3, 0.4) is 0 Å². The van der Waals surface area contributed by atoms with Gasteiger partial charge in [-0.15, -0.1) is 0 Å². The van der Waals surface area contributed by atoms with Crippen molar-refractivity contribution in [3.63, 3.8) is 0 Å². The second-order valence-corrected chi connectivity index (χ2v) is 3.43. The van der Waals surface area contributed by atoms with Crippen molar-refractivity contribution in [1.29, 1.82) is 0 Å². The molecule has 0 saturated heterocycles. The van der Waals surface area contributed by atoms with Gasteiger partial charge < -0.3 is 15.5 Å². The molecule has 0 rings (SSSR count). The van der Waals surface area contributed by atoms with Crippen LogP contribution in [0.5, 0.6) is 0 Å². The zero-order chi connectivity index (χ0) is 11.0. The molecule has 0 aliphatic carbocycles. The first-order valence-electron chi connectivity index (χ1n) is 5.37. The average Bonchev–Trinajstić information content (AvgIpc) is 2.22. The van der Waals surface area contributed by atoms with Crippen molar-refractivity contribution in [3.8, 4) is 0 Å². The molecule has 0 unspecified atom stereocenters. The van der Waals surface area contributed by atoms with Gasteiger partial charge in [-0.3, -0.25) is 0 Å². The van der Waals surface area contributed by atoms with E-state index in [0.717, 1.165) is 25.9 Å². The number of urea groups is 1. The Morgan fingerprint density at radius 3 is 2.36 bits per heavy atom. The van der Waals surface area contributed by atoms with Crippen LogP contribution in [-0.2, 0) is 0 Å². The molecule has 0 radical (unpaired) electrons. The van der Waals surface area contributed by atoms with Crippen LogP contribution in [0.25, 0.3) is 0 Å². The Labute approximate surface area is 87.0 Å². The molecule has 0 saturated carbocycles. The highest BCUT2D eigenvalue weighted by Gasteiger charge is 2.14. The minimum Gasteiger partial charge on any atom is -0.329 e. The summed E-state index contributed by atoms with van der Waals surface area (Å²) >= 11 is 0. The van der Waals surface area contributed by atoms with E-state index in [2.05, 4.69) is 6.92 Å². The molecule has 0 aromatic heterocycles. The van der Waals surface area contributed by atoms with E-state index in [-0.39, 0.29) is 6.03 Å². The van der Waals surface area contributed by atoms with E-state index in [1.807, 2.05) is 18.9 Å². The summed E-state index contributed by atoms with van der Waals surface area (Å²) in [6.45, 7) is 6.84. The van der Waals surface area contributed by atoms with Crippen LogP contribution in [0.15, 0.2) is 0 Å². The van der Waals surface area contributed by atoms with E-state index in [1.54, 1.807) is 4.90 Å². The van der Waals surface area contributed by atoms with Gasteiger partial charge in [0.15, 0.2) is 0 Å². The van der Waals surface area contributed by atoms with E-state index in [0.29, 0.717) is 13.1 Å². The lowest BCUT2D eigenvalue weighted by Crippen LogP contribution is -2.43. The van der Waals surface area contributed by atoms with Crippen molar-refractivity contribution in [1.82, 2.24) is 9.80 Å². The summed E-state index contributed by atoms with van der Waals surface area (Å²) in [7, 11) is 1.82. The predicted molar refractivity (Wildman–Crippen MR) is 59.2 cm³/mol. The average molecular weight is 201 g/mol. The second-order valence-electron chi connectivity index (χ2n) is 3.43. The molecule has 0 aromatic carbocycles. The first-order valence-corrected chi connectivity index (χ1v) is 5.37. The molecule has 0 aliphatic rings. The lowest BCUT2D eigenvalue weighted by Gasteiger charge is -2.27. The van der Waals surface area contributed by atoms with Gasteiger partial charge in [-0.05, 0) is 13.3 Å². The van der Waals surface area contributed by atoms with E-state index >= 15 is 0 Å². The monoisotopic (exact) mass is 201 g/mol. The molecule has 2 amide bonds. The van der Waals surface area contributed by atoms with Gasteiger partial charge in [-0.25, -0.2) is 4.79 Å². The van der Waals surface area contributed by atoms with Gasteiger partial charge >= 0.3 is 6.03 Å². The molecule has 0 aromatic rings. The molecule has 0 spiro atoms. The highest BCUT2D eigenvalue weighted by atomic mass is 16.2. The van der Waals surface area contributed by atoms with Gasteiger partial charge in [0.1, 0.15) is 0 Å². The van der Waals surface area contributed by atoms with E-state index < -0.39 is 0 Å². The van der Waals surface area contributed by atoms with Crippen molar-refractivity contribution in [2.75, 3.05) is 33.2 Å². The molecule has 84 valence electrons. The molecule has 0 bridgehead atoms. The lowest BCUT2D eigenvalue weighted by atomic mass is 10.3. The summed E-state index contributed by atoms with van der Waals surface area (Å²) in [4.78, 5) is 15.3. The van der Waals surface area contributed by atoms with Gasteiger partial charge in [0.25, 0.3) is 0 Å². The minimum atomic E-state index is 0.0893. The van der Waals surface area contributed by atoms with Crippen LogP contribution in [0.4, 0.5) is 4.79 Å². The third kappa shape index (κ3) is 4.46. The summed E-state index contributed by atoms with van der Waals surface area (Å²) in [5.74, 6) is 0. The number of hydrogen-bond acceptors (Lipinski definition) is 2. The Morgan fingerprint density at radius 1 is 1.29 bits per heavy atom. The lowest BCUT2D eigenvalue weighted by molar-refractivity contribution is 0.165. The number of hydrogen-bond donors (Lipinski definition) is 1. The predicted octanol–water partition coefficient (Wildman–Crippen LogP) is 1.12. The van der Waals surface area contributed by atoms with Crippen molar-refractivity contribution in [2.45, 2.75) is 26.7 Å². The van der Waals surface area contributed by atoms with Crippen molar-refractivity contribution >= 4 is 6.03 Å². The molecular weight excluding hydrogens is 178 g/mol. The molecule has 14 heavy (non-hydrogen) atoms. The number of nitrogens with zero attached hydrogens (tertiary/aromatic N) is 2.